The van der Waals surface area contributed by atoms with E-state index in [1.165, 1.54) is 47.1 Å². The normalized spacial score (nSPS) is 10.3. The highest BCUT2D eigenvalue weighted by Gasteiger charge is 2.30. The zero-order valence-electron chi connectivity index (χ0n) is 23.9. The zero-order valence-corrected chi connectivity index (χ0v) is 23.9. The fraction of sp³-hybridized carbons (Fsp3) is 0.273. The van der Waals surface area contributed by atoms with Gasteiger partial charge in [0.15, 0.2) is 5.90 Å². The number of nitrogens with zero attached hydrogens (tertiary/aromatic N) is 7. The quantitative estimate of drug-likeness (QED) is 0.117. The summed E-state index contributed by atoms with van der Waals surface area (Å²) in [6, 6.07) is 4.72. The van der Waals surface area contributed by atoms with Gasteiger partial charge in [0.25, 0.3) is 0 Å². The number of nitro benzene ring substituents is 4. The molecular weight excluding hydrogens is 596 g/mol. The Morgan fingerprint density at radius 2 is 1.27 bits per heavy atom. The topological polar surface area (TPSA) is 309 Å². The maximum atomic E-state index is 11.7. The predicted octanol–water partition coefficient (Wildman–Crippen LogP) is 2.91. The highest BCUT2D eigenvalue weighted by molar-refractivity contribution is 5.86. The van der Waals surface area contributed by atoms with Crippen LogP contribution in [0.5, 0.6) is 0 Å². The van der Waals surface area contributed by atoms with Gasteiger partial charge in [0.05, 0.1) is 33.9 Å². The fourth-order valence-corrected chi connectivity index (χ4v) is 3.22. The minimum Gasteiger partial charge on any atom is -0.484 e. The zero-order chi connectivity index (χ0) is 33.9. The monoisotopic (exact) mass is 622 g/mol. The average molecular weight is 623 g/mol. The molecular formula is C22H26N10O12. The molecule has 1 heterocycles. The number of nitrogen functional groups attached to an aromatic ring is 1. The van der Waals surface area contributed by atoms with Crippen LogP contribution in [0.4, 0.5) is 33.2 Å². The van der Waals surface area contributed by atoms with Crippen molar-refractivity contribution in [3.63, 3.8) is 0 Å². The number of hydrogen-bond donors (Lipinski definition) is 3. The van der Waals surface area contributed by atoms with E-state index in [0.29, 0.717) is 21.7 Å². The van der Waals surface area contributed by atoms with Gasteiger partial charge in [0.1, 0.15) is 5.82 Å². The van der Waals surface area contributed by atoms with Crippen LogP contribution < -0.4 is 17.0 Å². The Labute approximate surface area is 245 Å². The Hall–Kier alpha value is -6.32. The number of hydrogen-bond acceptors (Lipinski definition) is 15. The number of rotatable bonds is 6. The summed E-state index contributed by atoms with van der Waals surface area (Å²) >= 11 is 0. The second kappa shape index (κ2) is 15.6. The number of aromatic amines is 1. The van der Waals surface area contributed by atoms with E-state index in [-0.39, 0.29) is 11.5 Å². The van der Waals surface area contributed by atoms with Crippen LogP contribution in [-0.4, -0.2) is 60.7 Å². The number of aliphatic imine (C=N–C) groups is 1. The second-order valence-corrected chi connectivity index (χ2v) is 8.24. The molecule has 0 atom stereocenters. The molecule has 0 aliphatic heterocycles. The first-order valence-corrected chi connectivity index (χ1v) is 11.7. The molecule has 1 amide bonds. The summed E-state index contributed by atoms with van der Waals surface area (Å²) in [6.07, 6.45) is -0.644. The first-order valence-electron chi connectivity index (χ1n) is 11.7. The van der Waals surface area contributed by atoms with Crippen molar-refractivity contribution in [3.05, 3.63) is 92.2 Å². The van der Waals surface area contributed by atoms with Crippen LogP contribution in [0.2, 0.25) is 0 Å². The van der Waals surface area contributed by atoms with Crippen molar-refractivity contribution < 1.29 is 34.0 Å². The molecule has 22 heteroatoms. The molecule has 0 aliphatic rings. The number of nitrogens with one attached hydrogen (secondary N) is 2. The molecule has 2 aromatic carbocycles. The lowest BCUT2D eigenvalue weighted by Gasteiger charge is -2.04. The van der Waals surface area contributed by atoms with Gasteiger partial charge in [0.2, 0.25) is 11.4 Å². The molecule has 0 aliphatic carbocycles. The van der Waals surface area contributed by atoms with E-state index in [0.717, 1.165) is 12.1 Å². The molecule has 0 fully saturated rings. The van der Waals surface area contributed by atoms with Crippen LogP contribution in [0.1, 0.15) is 23.9 Å². The van der Waals surface area contributed by atoms with Crippen LogP contribution >= 0.6 is 0 Å². The number of carbonyl (C=O) groups excluding carboxylic acids is 1. The summed E-state index contributed by atoms with van der Waals surface area (Å²) in [5, 5.41) is 47.1. The van der Waals surface area contributed by atoms with E-state index >= 15 is 0 Å². The second-order valence-electron chi connectivity index (χ2n) is 8.24. The Morgan fingerprint density at radius 1 is 0.864 bits per heavy atom. The number of aryl methyl sites for hydroxylation is 3. The lowest BCUT2D eigenvalue weighted by Crippen LogP contribution is -2.18. The van der Waals surface area contributed by atoms with Gasteiger partial charge in [-0.05, 0) is 31.9 Å². The van der Waals surface area contributed by atoms with Gasteiger partial charge >= 0.3 is 34.5 Å². The standard InChI is InChI=1S/C10H9N5O5.C7H8N4O4.C5H9NO3/c1-5-3-7(14(17)18)9(8(4-5)15(19)20)13-10(16)11-6(2)12-13;1-4-2-5(10(12)13)7(9-8)6(3-4)11(14)15;1-4(8-2)6-5(7)9-3/h3-4H,1-2H3,(H,11,12,16);2-3,9H,8H2,1H3;1-3H3. The molecule has 0 unspecified atom stereocenters. The van der Waals surface area contributed by atoms with Crippen LogP contribution in [0.25, 0.3) is 5.69 Å². The van der Waals surface area contributed by atoms with Crippen molar-refractivity contribution >= 4 is 40.4 Å². The van der Waals surface area contributed by atoms with Crippen LogP contribution in [-0.2, 0) is 9.47 Å². The number of benzene rings is 2. The van der Waals surface area contributed by atoms with Crippen molar-refractivity contribution in [2.75, 3.05) is 19.6 Å². The third-order valence-electron chi connectivity index (χ3n) is 5.05. The average Bonchev–Trinajstić information content (AvgIpc) is 3.29. The van der Waals surface area contributed by atoms with Crippen molar-refractivity contribution in [2.24, 2.45) is 10.8 Å². The van der Waals surface area contributed by atoms with Crippen molar-refractivity contribution in [1.29, 1.82) is 0 Å². The molecule has 236 valence electrons. The van der Waals surface area contributed by atoms with Crippen molar-refractivity contribution in [2.45, 2.75) is 27.7 Å². The molecule has 44 heavy (non-hydrogen) atoms. The molecule has 0 spiro atoms. The van der Waals surface area contributed by atoms with Gasteiger partial charge in [-0.25, -0.2) is 9.59 Å². The molecule has 3 rings (SSSR count). The number of anilines is 1. The van der Waals surface area contributed by atoms with Gasteiger partial charge in [0, 0.05) is 31.2 Å². The summed E-state index contributed by atoms with van der Waals surface area (Å²) in [6.45, 7) is 6.04. The molecule has 22 nitrogen and oxygen atoms in total. The summed E-state index contributed by atoms with van der Waals surface area (Å²) < 4.78 is 9.42. The Bertz CT molecular complexity index is 1610. The summed E-state index contributed by atoms with van der Waals surface area (Å²) in [4.78, 5) is 67.9. The van der Waals surface area contributed by atoms with Gasteiger partial charge < -0.3 is 14.9 Å². The molecule has 0 saturated heterocycles. The highest BCUT2D eigenvalue weighted by Crippen LogP contribution is 2.34. The highest BCUT2D eigenvalue weighted by atomic mass is 16.6. The summed E-state index contributed by atoms with van der Waals surface area (Å²) in [5.74, 6) is 5.51. The predicted molar refractivity (Wildman–Crippen MR) is 152 cm³/mol. The molecule has 0 radical (unpaired) electrons. The maximum Gasteiger partial charge on any atom is 0.436 e. The van der Waals surface area contributed by atoms with Gasteiger partial charge in [-0.15, -0.1) is 10.1 Å². The number of hydrazine groups is 1. The van der Waals surface area contributed by atoms with Crippen LogP contribution in [0, 0.1) is 61.2 Å². The van der Waals surface area contributed by atoms with Gasteiger partial charge in [-0.1, -0.05) is 0 Å². The number of ether oxygens (including phenoxy) is 2. The first kappa shape index (κ1) is 35.7. The molecule has 0 saturated carbocycles. The maximum absolute atomic E-state index is 11.7. The minimum atomic E-state index is -0.786. The van der Waals surface area contributed by atoms with Gasteiger partial charge in [-0.3, -0.25) is 51.3 Å². The number of nitrogens with two attached hydrogens (primary N) is 1. The number of aromatic nitrogens is 3. The van der Waals surface area contributed by atoms with E-state index in [1.54, 1.807) is 6.92 Å². The van der Waals surface area contributed by atoms with E-state index in [9.17, 15) is 50.0 Å². The lowest BCUT2D eigenvalue weighted by molar-refractivity contribution is -0.393. The molecule has 3 aromatic rings. The SMILES string of the molecule is COC(=O)N=C(C)OC.Cc1cc([N+](=O)[O-])c(-n2nc(C)[nH]c2=O)c([N+](=O)[O-])c1.Cc1cc([N+](=O)[O-])c(NN)c([N+](=O)[O-])c1. The largest absolute Gasteiger partial charge is 0.484 e. The number of methoxy groups -OCH3 is 2. The lowest BCUT2D eigenvalue weighted by atomic mass is 10.1. The van der Waals surface area contributed by atoms with Crippen molar-refractivity contribution in [1.82, 2.24) is 14.8 Å². The third kappa shape index (κ3) is 9.37. The van der Waals surface area contributed by atoms with Crippen LogP contribution in [0.3, 0.4) is 0 Å². The molecule has 4 N–H and O–H groups in total. The number of H-pyrrole nitrogens is 1. The van der Waals surface area contributed by atoms with E-state index in [1.807, 2.05) is 5.43 Å². The van der Waals surface area contributed by atoms with E-state index in [2.05, 4.69) is 24.5 Å². The number of nitro groups is 4. The minimum absolute atomic E-state index is 0.194. The van der Waals surface area contributed by atoms with Crippen molar-refractivity contribution in [3.8, 4) is 5.69 Å². The summed E-state index contributed by atoms with van der Waals surface area (Å²) in [7, 11) is 2.69. The van der Waals surface area contributed by atoms with Crippen LogP contribution in [0.15, 0.2) is 34.1 Å². The third-order valence-corrected chi connectivity index (χ3v) is 5.05. The molecule has 0 bridgehead atoms. The van der Waals surface area contributed by atoms with E-state index < -0.39 is 59.9 Å². The molecule has 1 aromatic heterocycles. The fourth-order valence-electron chi connectivity index (χ4n) is 3.22. The Kier molecular flexibility index (Phi) is 12.7. The Balaban J connectivity index is 0.000000357. The number of carbonyl (C=O) groups is 1. The summed E-state index contributed by atoms with van der Waals surface area (Å²) in [5.41, 5.74) is -0.727. The van der Waals surface area contributed by atoms with Gasteiger partial charge in [-0.2, -0.15) is 4.68 Å². The smallest absolute Gasteiger partial charge is 0.436 e. The first-order chi connectivity index (χ1) is 20.5. The number of amides is 1. The van der Waals surface area contributed by atoms with E-state index in [4.69, 9.17) is 5.84 Å². The Morgan fingerprint density at radius 3 is 1.57 bits per heavy atom.